The molecule has 0 bridgehead atoms. The largest absolute Gasteiger partial charge is 0.398 e. The minimum atomic E-state index is -0.0450. The summed E-state index contributed by atoms with van der Waals surface area (Å²) in [7, 11) is 0. The first-order chi connectivity index (χ1) is 7.65. The monoisotopic (exact) mass is 288 g/mol. The molecule has 0 radical (unpaired) electrons. The number of halogens is 1. The lowest BCUT2D eigenvalue weighted by molar-refractivity contribution is 0.282. The van der Waals surface area contributed by atoms with E-state index in [1.807, 2.05) is 0 Å². The second-order valence-corrected chi connectivity index (χ2v) is 4.61. The zero-order chi connectivity index (χ0) is 12.0. The van der Waals surface area contributed by atoms with Crippen molar-refractivity contribution in [1.29, 1.82) is 0 Å². The van der Waals surface area contributed by atoms with Gasteiger partial charge in [-0.05, 0) is 34.8 Å². The first kappa shape index (κ1) is 13.3. The molecule has 0 aliphatic carbocycles. The van der Waals surface area contributed by atoms with Crippen LogP contribution in [0.5, 0.6) is 0 Å². The molecule has 4 nitrogen and oxygen atoms in total. The molecule has 3 N–H and O–H groups in total. The molecule has 1 aromatic heterocycles. The fourth-order valence-corrected chi connectivity index (χ4v) is 2.03. The number of rotatable bonds is 6. The number of nitrogens with two attached hydrogens (primary N) is 1. The predicted molar refractivity (Wildman–Crippen MR) is 68.4 cm³/mol. The summed E-state index contributed by atoms with van der Waals surface area (Å²) in [4.78, 5) is 11.7. The smallest absolute Gasteiger partial charge is 0.264 e. The van der Waals surface area contributed by atoms with Crippen LogP contribution in [0.2, 0.25) is 0 Å². The Bertz CT molecular complexity index is 390. The van der Waals surface area contributed by atoms with Crippen LogP contribution in [-0.4, -0.2) is 16.3 Å². The van der Waals surface area contributed by atoms with Gasteiger partial charge in [-0.25, -0.2) is 0 Å². The Kier molecular flexibility index (Phi) is 5.55. The highest BCUT2D eigenvalue weighted by atomic mass is 79.9. The van der Waals surface area contributed by atoms with E-state index < -0.39 is 0 Å². The van der Waals surface area contributed by atoms with Crippen molar-refractivity contribution in [2.24, 2.45) is 0 Å². The molecule has 0 fully saturated rings. The molecule has 16 heavy (non-hydrogen) atoms. The number of hydrogen-bond acceptors (Lipinski definition) is 3. The average Bonchev–Trinajstić information content (AvgIpc) is 2.24. The number of pyridine rings is 1. The van der Waals surface area contributed by atoms with Crippen molar-refractivity contribution in [3.63, 3.8) is 0 Å². The minimum absolute atomic E-state index is 0.0450. The lowest BCUT2D eigenvalue weighted by Gasteiger charge is -2.07. The van der Waals surface area contributed by atoms with Crippen LogP contribution in [0.4, 0.5) is 5.69 Å². The van der Waals surface area contributed by atoms with Crippen LogP contribution in [-0.2, 0) is 6.54 Å². The Morgan fingerprint density at radius 1 is 1.31 bits per heavy atom. The van der Waals surface area contributed by atoms with E-state index in [-0.39, 0.29) is 12.2 Å². The van der Waals surface area contributed by atoms with Crippen LogP contribution in [0.15, 0.2) is 21.5 Å². The van der Waals surface area contributed by atoms with E-state index in [1.54, 1.807) is 16.8 Å². The number of hydrogen-bond donors (Lipinski definition) is 2. The van der Waals surface area contributed by atoms with Gasteiger partial charge in [0.15, 0.2) is 0 Å². The van der Waals surface area contributed by atoms with Crippen LogP contribution in [0.25, 0.3) is 0 Å². The highest BCUT2D eigenvalue weighted by molar-refractivity contribution is 9.10. The number of aliphatic hydroxyl groups excluding tert-OH is 1. The van der Waals surface area contributed by atoms with Gasteiger partial charge in [0.25, 0.3) is 5.56 Å². The summed E-state index contributed by atoms with van der Waals surface area (Å²) in [6.07, 6.45) is 5.43. The van der Waals surface area contributed by atoms with E-state index in [1.165, 1.54) is 0 Å². The molecule has 0 amide bonds. The van der Waals surface area contributed by atoms with Crippen LogP contribution in [0, 0.1) is 0 Å². The van der Waals surface area contributed by atoms with Crippen molar-refractivity contribution in [2.45, 2.75) is 32.2 Å². The van der Waals surface area contributed by atoms with Crippen LogP contribution < -0.4 is 11.3 Å². The minimum Gasteiger partial charge on any atom is -0.398 e. The normalized spacial score (nSPS) is 10.6. The number of aryl methyl sites for hydroxylation is 1. The van der Waals surface area contributed by atoms with Crippen molar-refractivity contribution in [2.75, 3.05) is 12.3 Å². The molecule has 5 heteroatoms. The van der Waals surface area contributed by atoms with Crippen molar-refractivity contribution in [3.8, 4) is 0 Å². The molecule has 90 valence electrons. The van der Waals surface area contributed by atoms with Gasteiger partial charge in [0.1, 0.15) is 0 Å². The summed E-state index contributed by atoms with van der Waals surface area (Å²) >= 11 is 3.18. The molecule has 0 atom stereocenters. The highest BCUT2D eigenvalue weighted by Crippen LogP contribution is 2.09. The van der Waals surface area contributed by atoms with Gasteiger partial charge in [-0.15, -0.1) is 0 Å². The quantitative estimate of drug-likeness (QED) is 0.784. The lowest BCUT2D eigenvalue weighted by atomic mass is 10.2. The van der Waals surface area contributed by atoms with Gasteiger partial charge < -0.3 is 15.4 Å². The van der Waals surface area contributed by atoms with E-state index in [0.29, 0.717) is 16.7 Å². The van der Waals surface area contributed by atoms with E-state index >= 15 is 0 Å². The predicted octanol–water partition coefficient (Wildman–Crippen LogP) is 1.75. The summed E-state index contributed by atoms with van der Waals surface area (Å²) in [5.74, 6) is 0. The lowest BCUT2D eigenvalue weighted by Crippen LogP contribution is -2.20. The zero-order valence-electron chi connectivity index (χ0n) is 9.16. The van der Waals surface area contributed by atoms with E-state index in [2.05, 4.69) is 15.9 Å². The van der Waals surface area contributed by atoms with Crippen molar-refractivity contribution in [3.05, 3.63) is 27.1 Å². The molecule has 0 spiro atoms. The second kappa shape index (κ2) is 6.70. The van der Waals surface area contributed by atoms with Crippen LogP contribution in [0.3, 0.4) is 0 Å². The van der Waals surface area contributed by atoms with E-state index in [4.69, 9.17) is 10.8 Å². The Morgan fingerprint density at radius 2 is 2.00 bits per heavy atom. The number of nitrogen functional groups attached to an aromatic ring is 1. The summed E-state index contributed by atoms with van der Waals surface area (Å²) in [5.41, 5.74) is 6.20. The topological polar surface area (TPSA) is 68.2 Å². The van der Waals surface area contributed by atoms with Gasteiger partial charge in [-0.2, -0.15) is 0 Å². The molecule has 0 unspecified atom stereocenters. The van der Waals surface area contributed by atoms with Gasteiger partial charge in [0.05, 0.1) is 4.47 Å². The first-order valence-corrected chi connectivity index (χ1v) is 6.21. The molecule has 1 aromatic rings. The zero-order valence-corrected chi connectivity index (χ0v) is 10.7. The maximum absolute atomic E-state index is 11.7. The summed E-state index contributed by atoms with van der Waals surface area (Å²) in [5, 5.41) is 8.62. The fourth-order valence-electron chi connectivity index (χ4n) is 1.53. The Hall–Kier alpha value is -0.810. The first-order valence-electron chi connectivity index (χ1n) is 5.41. The van der Waals surface area contributed by atoms with E-state index in [9.17, 15) is 4.79 Å². The van der Waals surface area contributed by atoms with Crippen molar-refractivity contribution < 1.29 is 5.11 Å². The summed E-state index contributed by atoms with van der Waals surface area (Å²) < 4.78 is 2.13. The molecular formula is C11H17BrN2O2. The van der Waals surface area contributed by atoms with Gasteiger partial charge in [0, 0.05) is 25.0 Å². The maximum Gasteiger partial charge on any atom is 0.264 e. The number of nitrogens with zero attached hydrogens (tertiary/aromatic N) is 1. The van der Waals surface area contributed by atoms with Crippen LogP contribution >= 0.6 is 15.9 Å². The Balaban J connectivity index is 2.51. The number of unbranched alkanes of at least 4 members (excludes halogenated alkanes) is 3. The fraction of sp³-hybridized carbons (Fsp3) is 0.545. The molecule has 1 rings (SSSR count). The number of anilines is 1. The SMILES string of the molecule is Nc1cc(Br)c(=O)n(CCCCCCO)c1. The third-order valence-corrected chi connectivity index (χ3v) is 2.94. The summed E-state index contributed by atoms with van der Waals surface area (Å²) in [6, 6.07) is 1.62. The average molecular weight is 289 g/mol. The third-order valence-electron chi connectivity index (χ3n) is 2.37. The van der Waals surface area contributed by atoms with Gasteiger partial charge >= 0.3 is 0 Å². The molecular weight excluding hydrogens is 272 g/mol. The molecule has 0 saturated heterocycles. The maximum atomic E-state index is 11.7. The second-order valence-electron chi connectivity index (χ2n) is 3.76. The third kappa shape index (κ3) is 3.98. The molecule has 1 heterocycles. The highest BCUT2D eigenvalue weighted by Gasteiger charge is 2.02. The summed E-state index contributed by atoms with van der Waals surface area (Å²) in [6.45, 7) is 0.914. The van der Waals surface area contributed by atoms with E-state index in [0.717, 1.165) is 25.7 Å². The number of aromatic nitrogens is 1. The van der Waals surface area contributed by atoms with Crippen molar-refractivity contribution >= 4 is 21.6 Å². The van der Waals surface area contributed by atoms with Crippen LogP contribution in [0.1, 0.15) is 25.7 Å². The molecule has 0 aliphatic heterocycles. The van der Waals surface area contributed by atoms with Crippen molar-refractivity contribution in [1.82, 2.24) is 4.57 Å². The molecule has 0 aromatic carbocycles. The van der Waals surface area contributed by atoms with Gasteiger partial charge in [-0.1, -0.05) is 12.8 Å². The molecule has 0 saturated carbocycles. The van der Waals surface area contributed by atoms with Gasteiger partial charge in [-0.3, -0.25) is 4.79 Å². The Morgan fingerprint density at radius 3 is 2.69 bits per heavy atom. The van der Waals surface area contributed by atoms with Gasteiger partial charge in [0.2, 0.25) is 0 Å². The molecule has 0 aliphatic rings. The number of aliphatic hydroxyl groups is 1. The Labute approximate surface area is 103 Å². The standard InChI is InChI=1S/C11H17BrN2O2/c12-10-7-9(13)8-14(11(10)16)5-3-1-2-4-6-15/h7-8,15H,1-6,13H2.